The Kier molecular flexibility index (Phi) is 3.53. The molecule has 2 unspecified atom stereocenters. The third-order valence-corrected chi connectivity index (χ3v) is 1.33. The maximum absolute atomic E-state index is 10.2. The van der Waals surface area contributed by atoms with E-state index in [1.807, 2.05) is 0 Å². The molecule has 1 amide bonds. The molecule has 0 spiro atoms. The number of hydrogen-bond donors (Lipinski definition) is 3. The Morgan fingerprint density at radius 1 is 1.55 bits per heavy atom. The van der Waals surface area contributed by atoms with Crippen LogP contribution in [0.1, 0.15) is 13.3 Å². The standard InChI is InChI=1S/C6H11NO4/c1-3(6(10)11)2-4(8)5(7)9/h3-4,8H,2H2,1H3,(H2,7,9)(H,10,11). The van der Waals surface area contributed by atoms with Gasteiger partial charge in [0.2, 0.25) is 5.91 Å². The van der Waals surface area contributed by atoms with Crippen LogP contribution < -0.4 is 5.73 Å². The normalized spacial score (nSPS) is 15.5. The zero-order valence-corrected chi connectivity index (χ0v) is 6.15. The highest BCUT2D eigenvalue weighted by Crippen LogP contribution is 2.05. The maximum Gasteiger partial charge on any atom is 0.306 e. The predicted molar refractivity (Wildman–Crippen MR) is 36.6 cm³/mol. The number of rotatable bonds is 4. The van der Waals surface area contributed by atoms with E-state index in [4.69, 9.17) is 15.9 Å². The lowest BCUT2D eigenvalue weighted by Gasteiger charge is -2.08. The van der Waals surface area contributed by atoms with Gasteiger partial charge in [-0.15, -0.1) is 0 Å². The first kappa shape index (κ1) is 9.90. The van der Waals surface area contributed by atoms with Crippen LogP contribution in [0.2, 0.25) is 0 Å². The molecule has 5 heteroatoms. The highest BCUT2D eigenvalue weighted by Gasteiger charge is 2.19. The number of amides is 1. The molecule has 0 heterocycles. The Morgan fingerprint density at radius 3 is 2.27 bits per heavy atom. The molecule has 0 aliphatic carbocycles. The topological polar surface area (TPSA) is 101 Å². The minimum Gasteiger partial charge on any atom is -0.481 e. The summed E-state index contributed by atoms with van der Waals surface area (Å²) in [6.45, 7) is 1.40. The van der Waals surface area contributed by atoms with Crippen LogP contribution in [0, 0.1) is 5.92 Å². The smallest absolute Gasteiger partial charge is 0.306 e. The van der Waals surface area contributed by atoms with E-state index >= 15 is 0 Å². The minimum atomic E-state index is -1.36. The van der Waals surface area contributed by atoms with Crippen molar-refractivity contribution in [2.24, 2.45) is 11.7 Å². The summed E-state index contributed by atoms with van der Waals surface area (Å²) in [4.78, 5) is 20.4. The van der Waals surface area contributed by atoms with Crippen molar-refractivity contribution in [3.8, 4) is 0 Å². The van der Waals surface area contributed by atoms with Crippen molar-refractivity contribution < 1.29 is 19.8 Å². The Bertz CT molecular complexity index is 150. The number of carbonyl (C=O) groups is 2. The summed E-state index contributed by atoms with van der Waals surface area (Å²) in [5.41, 5.74) is 4.70. The van der Waals surface area contributed by atoms with Crippen molar-refractivity contribution in [3.63, 3.8) is 0 Å². The van der Waals surface area contributed by atoms with Crippen LogP contribution >= 0.6 is 0 Å². The third-order valence-electron chi connectivity index (χ3n) is 1.33. The summed E-state index contributed by atoms with van der Waals surface area (Å²) >= 11 is 0. The Balaban J connectivity index is 3.84. The van der Waals surface area contributed by atoms with Crippen LogP contribution in [0.4, 0.5) is 0 Å². The molecule has 0 fully saturated rings. The van der Waals surface area contributed by atoms with E-state index < -0.39 is 23.9 Å². The first-order valence-corrected chi connectivity index (χ1v) is 3.15. The highest BCUT2D eigenvalue weighted by molar-refractivity contribution is 5.79. The van der Waals surface area contributed by atoms with Gasteiger partial charge in [-0.1, -0.05) is 6.92 Å². The summed E-state index contributed by atoms with van der Waals surface area (Å²) in [6, 6.07) is 0. The molecule has 0 radical (unpaired) electrons. The van der Waals surface area contributed by atoms with E-state index in [9.17, 15) is 9.59 Å². The number of carboxylic acids is 1. The molecular formula is C6H11NO4. The van der Waals surface area contributed by atoms with Gasteiger partial charge >= 0.3 is 5.97 Å². The molecule has 0 aliphatic heterocycles. The largest absolute Gasteiger partial charge is 0.481 e. The van der Waals surface area contributed by atoms with Crippen LogP contribution in [0.5, 0.6) is 0 Å². The molecule has 2 atom stereocenters. The van der Waals surface area contributed by atoms with Crippen LogP contribution in [0.15, 0.2) is 0 Å². The van der Waals surface area contributed by atoms with Crippen molar-refractivity contribution in [2.75, 3.05) is 0 Å². The van der Waals surface area contributed by atoms with E-state index in [1.165, 1.54) is 6.92 Å². The molecule has 11 heavy (non-hydrogen) atoms. The second-order valence-corrected chi connectivity index (χ2v) is 2.39. The van der Waals surface area contributed by atoms with Crippen LogP contribution in [-0.4, -0.2) is 28.2 Å². The average Bonchev–Trinajstić information content (AvgIpc) is 1.87. The lowest BCUT2D eigenvalue weighted by Crippen LogP contribution is -2.31. The van der Waals surface area contributed by atoms with Crippen molar-refractivity contribution in [1.29, 1.82) is 0 Å². The number of aliphatic hydroxyl groups excluding tert-OH is 1. The number of carbonyl (C=O) groups excluding carboxylic acids is 1. The summed E-state index contributed by atoms with van der Waals surface area (Å²) < 4.78 is 0. The average molecular weight is 161 g/mol. The predicted octanol–water partition coefficient (Wildman–Crippen LogP) is -1.06. The lowest BCUT2D eigenvalue weighted by molar-refractivity contribution is -0.142. The van der Waals surface area contributed by atoms with Gasteiger partial charge in [-0.25, -0.2) is 0 Å². The van der Waals surface area contributed by atoms with Gasteiger partial charge in [0.15, 0.2) is 0 Å². The molecule has 0 aromatic heterocycles. The van der Waals surface area contributed by atoms with Crippen LogP contribution in [0.3, 0.4) is 0 Å². The van der Waals surface area contributed by atoms with E-state index in [1.54, 1.807) is 0 Å². The van der Waals surface area contributed by atoms with Gasteiger partial charge in [-0.05, 0) is 6.42 Å². The fourth-order valence-corrected chi connectivity index (χ4v) is 0.552. The molecular weight excluding hydrogens is 150 g/mol. The van der Waals surface area contributed by atoms with Crippen LogP contribution in [0.25, 0.3) is 0 Å². The molecule has 0 aromatic rings. The van der Waals surface area contributed by atoms with Gasteiger partial charge in [0.05, 0.1) is 5.92 Å². The van der Waals surface area contributed by atoms with E-state index in [-0.39, 0.29) is 6.42 Å². The van der Waals surface area contributed by atoms with Gasteiger partial charge in [0, 0.05) is 0 Å². The molecule has 0 aliphatic rings. The van der Waals surface area contributed by atoms with Gasteiger partial charge in [0.1, 0.15) is 6.10 Å². The minimum absolute atomic E-state index is 0.134. The molecule has 0 aromatic carbocycles. The quantitative estimate of drug-likeness (QED) is 0.489. The van der Waals surface area contributed by atoms with E-state index in [0.29, 0.717) is 0 Å². The van der Waals surface area contributed by atoms with Crippen molar-refractivity contribution in [2.45, 2.75) is 19.4 Å². The first-order chi connectivity index (χ1) is 4.95. The number of carboxylic acid groups (broad SMARTS) is 1. The number of primary amides is 1. The highest BCUT2D eigenvalue weighted by atomic mass is 16.4. The Hall–Kier alpha value is -1.10. The molecule has 0 rings (SSSR count). The summed E-state index contributed by atoms with van der Waals surface area (Å²) in [7, 11) is 0. The van der Waals surface area contributed by atoms with E-state index in [0.717, 1.165) is 0 Å². The zero-order chi connectivity index (χ0) is 9.02. The number of nitrogens with two attached hydrogens (primary N) is 1. The monoisotopic (exact) mass is 161 g/mol. The van der Waals surface area contributed by atoms with Crippen molar-refractivity contribution in [3.05, 3.63) is 0 Å². The molecule has 4 N–H and O–H groups in total. The van der Waals surface area contributed by atoms with Crippen molar-refractivity contribution in [1.82, 2.24) is 0 Å². The van der Waals surface area contributed by atoms with Gasteiger partial charge in [-0.3, -0.25) is 9.59 Å². The van der Waals surface area contributed by atoms with Gasteiger partial charge in [0.25, 0.3) is 0 Å². The fourth-order valence-electron chi connectivity index (χ4n) is 0.552. The molecule has 0 bridgehead atoms. The maximum atomic E-state index is 10.2. The van der Waals surface area contributed by atoms with Crippen molar-refractivity contribution >= 4 is 11.9 Å². The molecule has 5 nitrogen and oxygen atoms in total. The van der Waals surface area contributed by atoms with E-state index in [2.05, 4.69) is 0 Å². The van der Waals surface area contributed by atoms with Gasteiger partial charge in [-0.2, -0.15) is 0 Å². The molecule has 0 saturated heterocycles. The molecule has 0 saturated carbocycles. The van der Waals surface area contributed by atoms with Crippen LogP contribution in [-0.2, 0) is 9.59 Å². The summed E-state index contributed by atoms with van der Waals surface area (Å²) in [5, 5.41) is 17.2. The second kappa shape index (κ2) is 3.92. The number of aliphatic hydroxyl groups is 1. The molecule has 64 valence electrons. The third kappa shape index (κ3) is 3.57. The number of hydrogen-bond acceptors (Lipinski definition) is 3. The Morgan fingerprint density at radius 2 is 2.00 bits per heavy atom. The fraction of sp³-hybridized carbons (Fsp3) is 0.667. The Labute approximate surface area is 63.8 Å². The zero-order valence-electron chi connectivity index (χ0n) is 6.15. The first-order valence-electron chi connectivity index (χ1n) is 3.15. The number of aliphatic carboxylic acids is 1. The summed E-state index contributed by atoms with van der Waals surface area (Å²) in [6.07, 6.45) is -1.49. The second-order valence-electron chi connectivity index (χ2n) is 2.39. The summed E-state index contributed by atoms with van der Waals surface area (Å²) in [5.74, 6) is -2.69. The van der Waals surface area contributed by atoms with Gasteiger partial charge < -0.3 is 15.9 Å². The SMILES string of the molecule is CC(CC(O)C(N)=O)C(=O)O. The lowest BCUT2D eigenvalue weighted by atomic mass is 10.0.